The average Bonchev–Trinajstić information content (AvgIpc) is 3.62. The molecule has 0 spiro atoms. The van der Waals surface area contributed by atoms with Gasteiger partial charge in [0.05, 0.1) is 11.0 Å². The number of fused-ring (bicyclic) bond motifs is 3. The number of aromatic nitrogens is 1. The van der Waals surface area contributed by atoms with Crippen molar-refractivity contribution in [2.75, 3.05) is 9.80 Å². The van der Waals surface area contributed by atoms with Gasteiger partial charge in [-0.3, -0.25) is 0 Å². The van der Waals surface area contributed by atoms with Crippen LogP contribution in [0.15, 0.2) is 224 Å². The van der Waals surface area contributed by atoms with Crippen molar-refractivity contribution in [1.82, 2.24) is 4.57 Å². The maximum Gasteiger partial charge on any atom is 0.0541 e. The molecule has 0 radical (unpaired) electrons. The van der Waals surface area contributed by atoms with Crippen LogP contribution in [0.25, 0.3) is 49.7 Å². The minimum Gasteiger partial charge on any atom is -0.310 e. The number of rotatable bonds is 9. The molecule has 3 heteroatoms. The summed E-state index contributed by atoms with van der Waals surface area (Å²) in [7, 11) is 0. The normalized spacial score (nSPS) is 11.2. The number of nitrogens with zero attached hydrogens (tertiary/aromatic N) is 3. The van der Waals surface area contributed by atoms with Gasteiger partial charge < -0.3 is 14.4 Å². The highest BCUT2D eigenvalue weighted by Gasteiger charge is 2.19. The van der Waals surface area contributed by atoms with Crippen LogP contribution < -0.4 is 9.80 Å². The fraction of sp³-hybridized carbons (Fsp3) is 0.0357. The van der Waals surface area contributed by atoms with E-state index < -0.39 is 0 Å². The molecule has 9 aromatic carbocycles. The van der Waals surface area contributed by atoms with E-state index in [0.29, 0.717) is 0 Å². The Labute approximate surface area is 346 Å². The molecule has 0 atom stereocenters. The van der Waals surface area contributed by atoms with E-state index in [-0.39, 0.29) is 0 Å². The number of para-hydroxylation sites is 5. The molecule has 10 rings (SSSR count). The first-order chi connectivity index (χ1) is 29.1. The summed E-state index contributed by atoms with van der Waals surface area (Å²) in [6.07, 6.45) is 0. The second-order valence-electron chi connectivity index (χ2n) is 15.1. The van der Waals surface area contributed by atoms with Gasteiger partial charge in [0.25, 0.3) is 0 Å². The van der Waals surface area contributed by atoms with E-state index in [1.165, 1.54) is 55.2 Å². The van der Waals surface area contributed by atoms with Crippen molar-refractivity contribution in [3.05, 3.63) is 236 Å². The fourth-order valence-corrected chi connectivity index (χ4v) is 8.54. The lowest BCUT2D eigenvalue weighted by Crippen LogP contribution is -2.10. The molecule has 1 aromatic heterocycles. The minimum absolute atomic E-state index is 1.12. The van der Waals surface area contributed by atoms with Gasteiger partial charge in [-0.1, -0.05) is 115 Å². The van der Waals surface area contributed by atoms with E-state index >= 15 is 0 Å². The van der Waals surface area contributed by atoms with E-state index in [9.17, 15) is 0 Å². The zero-order chi connectivity index (χ0) is 39.7. The maximum atomic E-state index is 2.41. The van der Waals surface area contributed by atoms with Crippen molar-refractivity contribution in [2.24, 2.45) is 0 Å². The summed E-state index contributed by atoms with van der Waals surface area (Å²) >= 11 is 0. The van der Waals surface area contributed by atoms with E-state index in [1.807, 2.05) is 0 Å². The molecular formula is C56H43N3. The molecule has 1 heterocycles. The van der Waals surface area contributed by atoms with Crippen molar-refractivity contribution in [1.29, 1.82) is 0 Å². The summed E-state index contributed by atoms with van der Waals surface area (Å²) in [4.78, 5) is 4.67. The smallest absolute Gasteiger partial charge is 0.0541 e. The highest BCUT2D eigenvalue weighted by molar-refractivity contribution is 6.12. The Bertz CT molecular complexity index is 2780. The largest absolute Gasteiger partial charge is 0.310 e. The van der Waals surface area contributed by atoms with Crippen molar-refractivity contribution >= 4 is 55.9 Å². The Morgan fingerprint density at radius 1 is 0.305 bits per heavy atom. The third kappa shape index (κ3) is 6.73. The summed E-state index contributed by atoms with van der Waals surface area (Å²) in [5.74, 6) is 0. The number of hydrogen-bond acceptors (Lipinski definition) is 2. The Kier molecular flexibility index (Phi) is 9.32. The average molecular weight is 758 g/mol. The molecule has 0 saturated heterocycles. The van der Waals surface area contributed by atoms with Gasteiger partial charge in [0.15, 0.2) is 0 Å². The second-order valence-corrected chi connectivity index (χ2v) is 15.1. The molecule has 3 nitrogen and oxygen atoms in total. The van der Waals surface area contributed by atoms with Crippen LogP contribution in [0.2, 0.25) is 0 Å². The molecule has 0 fully saturated rings. The van der Waals surface area contributed by atoms with Crippen molar-refractivity contribution in [3.8, 4) is 27.9 Å². The molecule has 0 aliphatic heterocycles. The van der Waals surface area contributed by atoms with Crippen LogP contribution in [0.4, 0.5) is 34.1 Å². The fourth-order valence-electron chi connectivity index (χ4n) is 8.54. The van der Waals surface area contributed by atoms with E-state index in [0.717, 1.165) is 39.8 Å². The van der Waals surface area contributed by atoms with Gasteiger partial charge in [-0.25, -0.2) is 0 Å². The van der Waals surface area contributed by atoms with E-state index in [2.05, 4.69) is 253 Å². The van der Waals surface area contributed by atoms with Crippen LogP contribution in [-0.4, -0.2) is 4.57 Å². The topological polar surface area (TPSA) is 11.4 Å². The summed E-state index contributed by atoms with van der Waals surface area (Å²) < 4.78 is 2.41. The van der Waals surface area contributed by atoms with Crippen LogP contribution in [0.3, 0.4) is 0 Å². The van der Waals surface area contributed by atoms with Gasteiger partial charge in [-0.2, -0.15) is 0 Å². The molecule has 0 saturated carbocycles. The first-order valence-corrected chi connectivity index (χ1v) is 20.3. The van der Waals surface area contributed by atoms with Crippen molar-refractivity contribution < 1.29 is 0 Å². The van der Waals surface area contributed by atoms with E-state index in [4.69, 9.17) is 0 Å². The molecule has 0 amide bonds. The summed E-state index contributed by atoms with van der Waals surface area (Å²) in [5, 5.41) is 2.44. The highest BCUT2D eigenvalue weighted by Crippen LogP contribution is 2.42. The van der Waals surface area contributed by atoms with Gasteiger partial charge >= 0.3 is 0 Å². The summed E-state index contributed by atoms with van der Waals surface area (Å²) in [5.41, 5.74) is 17.5. The lowest BCUT2D eigenvalue weighted by molar-refractivity contribution is 1.18. The third-order valence-electron chi connectivity index (χ3n) is 11.4. The number of benzene rings is 9. The van der Waals surface area contributed by atoms with Crippen molar-refractivity contribution in [2.45, 2.75) is 13.8 Å². The van der Waals surface area contributed by atoms with E-state index in [1.54, 1.807) is 0 Å². The van der Waals surface area contributed by atoms with Crippen molar-refractivity contribution in [3.63, 3.8) is 0 Å². The Morgan fingerprint density at radius 3 is 1.00 bits per heavy atom. The van der Waals surface area contributed by atoms with Crippen LogP contribution in [0, 0.1) is 13.8 Å². The number of hydrogen-bond donors (Lipinski definition) is 0. The number of aryl methyl sites for hydroxylation is 2. The molecule has 10 aromatic rings. The highest BCUT2D eigenvalue weighted by atomic mass is 15.1. The van der Waals surface area contributed by atoms with Crippen LogP contribution in [-0.2, 0) is 0 Å². The molecule has 0 aliphatic rings. The van der Waals surface area contributed by atoms with Gasteiger partial charge in [-0.05, 0) is 156 Å². The predicted molar refractivity (Wildman–Crippen MR) is 250 cm³/mol. The minimum atomic E-state index is 1.12. The second kappa shape index (κ2) is 15.4. The zero-order valence-corrected chi connectivity index (χ0v) is 33.2. The first kappa shape index (κ1) is 35.8. The molecule has 0 unspecified atom stereocenters. The predicted octanol–water partition coefficient (Wildman–Crippen LogP) is 15.7. The monoisotopic (exact) mass is 757 g/mol. The van der Waals surface area contributed by atoms with Crippen LogP contribution in [0.5, 0.6) is 0 Å². The standard InChI is InChI=1S/C56H43N3/c1-40-28-32-49(57(44-18-8-3-9-19-44)45-20-10-4-11-21-45)38-51(40)42-30-34-55-53(36-42)54-37-43(31-35-56(54)59(55)48-26-16-7-17-27-48)52-39-50(33-29-41(52)2)58(46-22-12-5-13-23-46)47-24-14-6-15-25-47/h3-39H,1-2H3. The lowest BCUT2D eigenvalue weighted by Gasteiger charge is -2.26. The Balaban J connectivity index is 1.14. The lowest BCUT2D eigenvalue weighted by atomic mass is 9.95. The third-order valence-corrected chi connectivity index (χ3v) is 11.4. The van der Waals surface area contributed by atoms with Gasteiger partial charge in [-0.15, -0.1) is 0 Å². The number of anilines is 6. The summed E-state index contributed by atoms with van der Waals surface area (Å²) in [6, 6.07) is 80.9. The molecule has 59 heavy (non-hydrogen) atoms. The van der Waals surface area contributed by atoms with Gasteiger partial charge in [0.2, 0.25) is 0 Å². The Hall–Kier alpha value is -7.62. The van der Waals surface area contributed by atoms with Crippen LogP contribution in [0.1, 0.15) is 11.1 Å². The molecular weight excluding hydrogens is 715 g/mol. The maximum absolute atomic E-state index is 2.41. The molecule has 282 valence electrons. The molecule has 0 bridgehead atoms. The SMILES string of the molecule is Cc1ccc(N(c2ccccc2)c2ccccc2)cc1-c1ccc2c(c1)c1cc(-c3cc(N(c4ccccc4)c4ccccc4)ccc3C)ccc1n2-c1ccccc1. The van der Waals surface area contributed by atoms with Gasteiger partial charge in [0, 0.05) is 50.6 Å². The molecule has 0 aliphatic carbocycles. The first-order valence-electron chi connectivity index (χ1n) is 20.3. The van der Waals surface area contributed by atoms with Crippen LogP contribution >= 0.6 is 0 Å². The molecule has 0 N–H and O–H groups in total. The Morgan fingerprint density at radius 2 is 0.644 bits per heavy atom. The van der Waals surface area contributed by atoms with Gasteiger partial charge in [0.1, 0.15) is 0 Å². The zero-order valence-electron chi connectivity index (χ0n) is 33.2. The summed E-state index contributed by atoms with van der Waals surface area (Å²) in [6.45, 7) is 4.43. The quantitative estimate of drug-likeness (QED) is 0.145.